The van der Waals surface area contributed by atoms with E-state index in [4.69, 9.17) is 4.74 Å². The number of carbonyl (C=O) groups is 1. The highest BCUT2D eigenvalue weighted by atomic mass is 16.6. The van der Waals surface area contributed by atoms with Crippen LogP contribution in [0.1, 0.15) is 20.8 Å². The average Bonchev–Trinajstić information content (AvgIpc) is 2.40. The predicted octanol–water partition coefficient (Wildman–Crippen LogP) is 1.00. The lowest BCUT2D eigenvalue weighted by Gasteiger charge is -2.13. The van der Waals surface area contributed by atoms with Crippen LogP contribution in [0, 0.1) is 5.41 Å². The third-order valence-electron chi connectivity index (χ3n) is 1.36. The number of rotatable bonds is 1. The number of hydrogen-bond donors (Lipinski definition) is 0. The number of ketones is 1. The molecule has 1 heterocycles. The van der Waals surface area contributed by atoms with Gasteiger partial charge in [-0.05, 0) is 0 Å². The molecule has 1 unspecified atom stereocenters. The Hall–Kier alpha value is -0.370. The van der Waals surface area contributed by atoms with E-state index in [1.807, 2.05) is 20.8 Å². The second-order valence-corrected chi connectivity index (χ2v) is 3.44. The van der Waals surface area contributed by atoms with Crippen LogP contribution in [0.2, 0.25) is 0 Å². The molecule has 2 nitrogen and oxygen atoms in total. The highest BCUT2D eigenvalue weighted by molar-refractivity contribution is 5.89. The minimum atomic E-state index is -0.221. The van der Waals surface area contributed by atoms with Crippen molar-refractivity contribution in [1.82, 2.24) is 0 Å². The monoisotopic (exact) mass is 128 g/mol. The van der Waals surface area contributed by atoms with Gasteiger partial charge in [0.05, 0.1) is 6.61 Å². The van der Waals surface area contributed by atoms with Gasteiger partial charge in [0.15, 0.2) is 5.78 Å². The fourth-order valence-electron chi connectivity index (χ4n) is 0.682. The quantitative estimate of drug-likeness (QED) is 0.493. The second-order valence-electron chi connectivity index (χ2n) is 3.44. The maximum Gasteiger partial charge on any atom is 0.169 e. The summed E-state index contributed by atoms with van der Waals surface area (Å²) in [6, 6.07) is 0. The Morgan fingerprint density at radius 3 is 2.11 bits per heavy atom. The van der Waals surface area contributed by atoms with Gasteiger partial charge in [0.2, 0.25) is 0 Å². The van der Waals surface area contributed by atoms with Crippen molar-refractivity contribution in [2.75, 3.05) is 6.61 Å². The Bertz CT molecular complexity index is 128. The van der Waals surface area contributed by atoms with Crippen LogP contribution in [0.5, 0.6) is 0 Å². The zero-order valence-corrected chi connectivity index (χ0v) is 6.10. The molecule has 1 rings (SSSR count). The molecular formula is C7H12O2. The molecule has 0 bridgehead atoms. The summed E-state index contributed by atoms with van der Waals surface area (Å²) < 4.78 is 4.85. The summed E-state index contributed by atoms with van der Waals surface area (Å²) in [6.45, 7) is 6.38. The normalized spacial score (nSPS) is 25.9. The first-order valence-electron chi connectivity index (χ1n) is 3.18. The summed E-state index contributed by atoms with van der Waals surface area (Å²) in [5.74, 6) is 0.225. The summed E-state index contributed by atoms with van der Waals surface area (Å²) in [4.78, 5) is 11.1. The molecule has 0 radical (unpaired) electrons. The van der Waals surface area contributed by atoms with E-state index in [-0.39, 0.29) is 17.3 Å². The maximum absolute atomic E-state index is 11.1. The molecule has 0 aliphatic carbocycles. The van der Waals surface area contributed by atoms with Crippen LogP contribution >= 0.6 is 0 Å². The largest absolute Gasteiger partial charge is 0.365 e. The Morgan fingerprint density at radius 1 is 1.56 bits per heavy atom. The summed E-state index contributed by atoms with van der Waals surface area (Å²) in [6.07, 6.45) is -0.0787. The van der Waals surface area contributed by atoms with Gasteiger partial charge in [-0.25, -0.2) is 0 Å². The molecule has 0 saturated carbocycles. The van der Waals surface area contributed by atoms with Crippen molar-refractivity contribution in [2.24, 2.45) is 5.41 Å². The van der Waals surface area contributed by atoms with E-state index in [2.05, 4.69) is 0 Å². The molecule has 1 aliphatic heterocycles. The first-order chi connectivity index (χ1) is 4.02. The van der Waals surface area contributed by atoms with Crippen LogP contribution in [-0.4, -0.2) is 18.5 Å². The van der Waals surface area contributed by atoms with Gasteiger partial charge >= 0.3 is 0 Å². The van der Waals surface area contributed by atoms with Crippen molar-refractivity contribution in [1.29, 1.82) is 0 Å². The summed E-state index contributed by atoms with van der Waals surface area (Å²) in [7, 11) is 0. The number of epoxide rings is 1. The SMILES string of the molecule is CC(C)(C)C(=O)C1CO1. The van der Waals surface area contributed by atoms with Gasteiger partial charge in [-0.1, -0.05) is 20.8 Å². The molecule has 0 amide bonds. The highest BCUT2D eigenvalue weighted by Crippen LogP contribution is 2.23. The van der Waals surface area contributed by atoms with E-state index in [0.29, 0.717) is 6.61 Å². The minimum Gasteiger partial charge on any atom is -0.365 e. The lowest BCUT2D eigenvalue weighted by Crippen LogP contribution is -2.24. The first kappa shape index (κ1) is 6.75. The minimum absolute atomic E-state index is 0.0787. The van der Waals surface area contributed by atoms with Gasteiger partial charge in [-0.2, -0.15) is 0 Å². The summed E-state index contributed by atoms with van der Waals surface area (Å²) in [5, 5.41) is 0. The van der Waals surface area contributed by atoms with E-state index < -0.39 is 0 Å². The molecule has 2 heteroatoms. The zero-order valence-electron chi connectivity index (χ0n) is 6.10. The molecular weight excluding hydrogens is 116 g/mol. The fraction of sp³-hybridized carbons (Fsp3) is 0.857. The molecule has 1 saturated heterocycles. The predicted molar refractivity (Wildman–Crippen MR) is 34.2 cm³/mol. The smallest absolute Gasteiger partial charge is 0.169 e. The van der Waals surface area contributed by atoms with Crippen molar-refractivity contribution >= 4 is 5.78 Å². The van der Waals surface area contributed by atoms with Crippen LogP contribution in [0.3, 0.4) is 0 Å². The molecule has 1 atom stereocenters. The first-order valence-corrected chi connectivity index (χ1v) is 3.18. The van der Waals surface area contributed by atoms with E-state index in [1.165, 1.54) is 0 Å². The van der Waals surface area contributed by atoms with Crippen LogP contribution in [0.4, 0.5) is 0 Å². The summed E-state index contributed by atoms with van der Waals surface area (Å²) in [5.41, 5.74) is -0.221. The standard InChI is InChI=1S/C7H12O2/c1-7(2,3)6(8)5-4-9-5/h5H,4H2,1-3H3. The lowest BCUT2D eigenvalue weighted by molar-refractivity contribution is -0.127. The van der Waals surface area contributed by atoms with E-state index in [1.54, 1.807) is 0 Å². The average molecular weight is 128 g/mol. The number of ether oxygens (including phenoxy) is 1. The Labute approximate surface area is 55.2 Å². The topological polar surface area (TPSA) is 29.6 Å². The van der Waals surface area contributed by atoms with Crippen molar-refractivity contribution in [3.8, 4) is 0 Å². The maximum atomic E-state index is 11.1. The van der Waals surface area contributed by atoms with Gasteiger partial charge in [0, 0.05) is 5.41 Å². The van der Waals surface area contributed by atoms with Crippen LogP contribution in [0.25, 0.3) is 0 Å². The Morgan fingerprint density at radius 2 is 2.00 bits per heavy atom. The molecule has 1 aliphatic rings. The number of carbonyl (C=O) groups excluding carboxylic acids is 1. The molecule has 52 valence electrons. The van der Waals surface area contributed by atoms with Crippen molar-refractivity contribution in [3.63, 3.8) is 0 Å². The molecule has 0 spiro atoms. The molecule has 0 aromatic rings. The third kappa shape index (κ3) is 1.52. The third-order valence-corrected chi connectivity index (χ3v) is 1.36. The molecule has 0 aromatic heterocycles. The van der Waals surface area contributed by atoms with Crippen molar-refractivity contribution < 1.29 is 9.53 Å². The van der Waals surface area contributed by atoms with Gasteiger partial charge in [0.1, 0.15) is 6.10 Å². The van der Waals surface area contributed by atoms with E-state index in [9.17, 15) is 4.79 Å². The molecule has 9 heavy (non-hydrogen) atoms. The fourth-order valence-corrected chi connectivity index (χ4v) is 0.682. The Balaban J connectivity index is 2.50. The van der Waals surface area contributed by atoms with Crippen LogP contribution < -0.4 is 0 Å². The number of hydrogen-bond acceptors (Lipinski definition) is 2. The van der Waals surface area contributed by atoms with E-state index in [0.717, 1.165) is 0 Å². The Kier molecular flexibility index (Phi) is 1.35. The van der Waals surface area contributed by atoms with Gasteiger partial charge in [0.25, 0.3) is 0 Å². The molecule has 0 N–H and O–H groups in total. The van der Waals surface area contributed by atoms with Crippen molar-refractivity contribution in [2.45, 2.75) is 26.9 Å². The summed E-state index contributed by atoms with van der Waals surface area (Å²) >= 11 is 0. The number of Topliss-reactive ketones (excluding diaryl/α,β-unsaturated/α-hetero) is 1. The van der Waals surface area contributed by atoms with E-state index >= 15 is 0 Å². The lowest BCUT2D eigenvalue weighted by atomic mass is 9.89. The van der Waals surface area contributed by atoms with Gasteiger partial charge in [-0.3, -0.25) is 4.79 Å². The second kappa shape index (κ2) is 1.81. The zero-order chi connectivity index (χ0) is 7.07. The highest BCUT2D eigenvalue weighted by Gasteiger charge is 2.38. The molecule has 1 fully saturated rings. The molecule has 0 aromatic carbocycles. The van der Waals surface area contributed by atoms with Crippen LogP contribution in [0.15, 0.2) is 0 Å². The van der Waals surface area contributed by atoms with Gasteiger partial charge < -0.3 is 4.74 Å². The van der Waals surface area contributed by atoms with Crippen LogP contribution in [-0.2, 0) is 9.53 Å². The van der Waals surface area contributed by atoms with Gasteiger partial charge in [-0.15, -0.1) is 0 Å². The van der Waals surface area contributed by atoms with Crippen molar-refractivity contribution in [3.05, 3.63) is 0 Å².